The van der Waals surface area contributed by atoms with Crippen LogP contribution in [0.5, 0.6) is 5.75 Å². The average molecular weight is 465 g/mol. The quantitative estimate of drug-likeness (QED) is 0.121. The number of aryl methyl sites for hydroxylation is 1. The molecule has 5 heteroatoms. The Morgan fingerprint density at radius 2 is 1.53 bits per heavy atom. The van der Waals surface area contributed by atoms with E-state index in [4.69, 9.17) is 9.15 Å². The van der Waals surface area contributed by atoms with Crippen molar-refractivity contribution in [3.05, 3.63) is 42.1 Å². The first kappa shape index (κ1) is 25.9. The van der Waals surface area contributed by atoms with Crippen molar-refractivity contribution in [1.82, 2.24) is 9.97 Å². The van der Waals surface area contributed by atoms with Gasteiger partial charge in [-0.15, -0.1) is 0 Å². The van der Waals surface area contributed by atoms with E-state index < -0.39 is 0 Å². The van der Waals surface area contributed by atoms with Crippen molar-refractivity contribution in [3.8, 4) is 17.2 Å². The molecule has 184 valence electrons. The van der Waals surface area contributed by atoms with Gasteiger partial charge in [0.05, 0.1) is 5.56 Å². The predicted molar refractivity (Wildman–Crippen MR) is 138 cm³/mol. The van der Waals surface area contributed by atoms with Crippen LogP contribution in [0.4, 0.5) is 0 Å². The topological polar surface area (TPSA) is 65.2 Å². The van der Waals surface area contributed by atoms with Crippen molar-refractivity contribution in [2.24, 2.45) is 0 Å². The van der Waals surface area contributed by atoms with Crippen LogP contribution in [0.2, 0.25) is 0 Å². The summed E-state index contributed by atoms with van der Waals surface area (Å²) < 4.78 is 11.5. The minimum Gasteiger partial charge on any atom is -0.426 e. The average Bonchev–Trinajstić information content (AvgIpc) is 3.26. The lowest BCUT2D eigenvalue weighted by atomic mass is 10.0. The summed E-state index contributed by atoms with van der Waals surface area (Å²) in [5.41, 5.74) is 2.84. The number of benzene rings is 1. The molecule has 0 bridgehead atoms. The Balaban J connectivity index is 1.34. The van der Waals surface area contributed by atoms with E-state index in [0.29, 0.717) is 34.9 Å². The van der Waals surface area contributed by atoms with E-state index in [0.717, 1.165) is 18.4 Å². The highest BCUT2D eigenvalue weighted by Gasteiger charge is 2.16. The van der Waals surface area contributed by atoms with Gasteiger partial charge in [-0.05, 0) is 43.2 Å². The van der Waals surface area contributed by atoms with Crippen LogP contribution in [0, 0.1) is 6.92 Å². The molecule has 34 heavy (non-hydrogen) atoms. The third-order valence-corrected chi connectivity index (χ3v) is 6.24. The number of hydrogen-bond acceptors (Lipinski definition) is 5. The number of ether oxygens (including phenoxy) is 1. The van der Waals surface area contributed by atoms with E-state index in [9.17, 15) is 4.79 Å². The van der Waals surface area contributed by atoms with Gasteiger partial charge in [0, 0.05) is 12.6 Å². The van der Waals surface area contributed by atoms with E-state index in [1.165, 1.54) is 70.6 Å². The molecule has 0 fully saturated rings. The molecule has 2 heterocycles. The first-order valence-corrected chi connectivity index (χ1v) is 13.2. The van der Waals surface area contributed by atoms with Gasteiger partial charge in [-0.25, -0.2) is 9.97 Å². The molecule has 0 aliphatic carbocycles. The maximum atomic E-state index is 12.5. The van der Waals surface area contributed by atoms with E-state index in [1.807, 2.05) is 37.3 Å². The number of hydrogen-bond donors (Lipinski definition) is 0. The van der Waals surface area contributed by atoms with Gasteiger partial charge < -0.3 is 9.15 Å². The normalized spacial score (nSPS) is 11.2. The zero-order valence-corrected chi connectivity index (χ0v) is 21.0. The summed E-state index contributed by atoms with van der Waals surface area (Å²) in [6.45, 7) is 4.24. The number of esters is 1. The lowest BCUT2D eigenvalue weighted by Gasteiger charge is -2.09. The molecule has 3 aromatic rings. The van der Waals surface area contributed by atoms with Gasteiger partial charge in [-0.3, -0.25) is 4.79 Å². The van der Waals surface area contributed by atoms with Crippen LogP contribution >= 0.6 is 0 Å². The molecule has 3 rings (SSSR count). The van der Waals surface area contributed by atoms with Crippen LogP contribution in [0.1, 0.15) is 102 Å². The van der Waals surface area contributed by atoms with Crippen LogP contribution in [0.3, 0.4) is 0 Å². The van der Waals surface area contributed by atoms with Gasteiger partial charge in [0.15, 0.2) is 0 Å². The van der Waals surface area contributed by atoms with Gasteiger partial charge in [0.25, 0.3) is 0 Å². The summed E-state index contributed by atoms with van der Waals surface area (Å²) in [4.78, 5) is 21.2. The van der Waals surface area contributed by atoms with Crippen molar-refractivity contribution < 1.29 is 13.9 Å². The Kier molecular flexibility index (Phi) is 11.1. The lowest BCUT2D eigenvalue weighted by molar-refractivity contribution is -0.134. The number of unbranched alkanes of at least 4 members (excludes halogenated alkanes) is 12. The van der Waals surface area contributed by atoms with Crippen molar-refractivity contribution >= 4 is 17.2 Å². The molecular formula is C29H40N2O3. The number of fused-ring (bicyclic) bond motifs is 1. The van der Waals surface area contributed by atoms with E-state index in [2.05, 4.69) is 16.9 Å². The zero-order chi connectivity index (χ0) is 24.0. The lowest BCUT2D eigenvalue weighted by Crippen LogP contribution is -2.08. The highest BCUT2D eigenvalue weighted by atomic mass is 16.5. The first-order chi connectivity index (χ1) is 16.7. The first-order valence-electron chi connectivity index (χ1n) is 13.2. The summed E-state index contributed by atoms with van der Waals surface area (Å²) in [5.74, 6) is 0.702. The Morgan fingerprint density at radius 1 is 0.882 bits per heavy atom. The van der Waals surface area contributed by atoms with Crippen LogP contribution in [-0.4, -0.2) is 15.9 Å². The third-order valence-electron chi connectivity index (χ3n) is 6.24. The van der Waals surface area contributed by atoms with Gasteiger partial charge in [-0.1, -0.05) is 90.0 Å². The monoisotopic (exact) mass is 464 g/mol. The SMILES string of the molecule is CCCCCCCCCCCCCCCC(=O)Oc1cc(C)ccc1-c1nc2cccnc2o1. The molecule has 0 saturated heterocycles. The van der Waals surface area contributed by atoms with E-state index >= 15 is 0 Å². The number of aromatic nitrogens is 2. The minimum absolute atomic E-state index is 0.204. The summed E-state index contributed by atoms with van der Waals surface area (Å²) >= 11 is 0. The van der Waals surface area contributed by atoms with Gasteiger partial charge in [0.2, 0.25) is 11.6 Å². The van der Waals surface area contributed by atoms with Crippen LogP contribution in [0.15, 0.2) is 40.9 Å². The van der Waals surface area contributed by atoms with Crippen molar-refractivity contribution in [3.63, 3.8) is 0 Å². The number of carbonyl (C=O) groups is 1. The van der Waals surface area contributed by atoms with Gasteiger partial charge in [0.1, 0.15) is 11.3 Å². The maximum Gasteiger partial charge on any atom is 0.311 e. The van der Waals surface area contributed by atoms with Crippen LogP contribution < -0.4 is 4.74 Å². The van der Waals surface area contributed by atoms with E-state index in [1.54, 1.807) is 6.20 Å². The summed E-state index contributed by atoms with van der Waals surface area (Å²) in [6, 6.07) is 9.37. The molecule has 0 atom stereocenters. The molecule has 0 aliphatic heterocycles. The van der Waals surface area contributed by atoms with E-state index in [-0.39, 0.29) is 5.97 Å². The van der Waals surface area contributed by atoms with Gasteiger partial charge >= 0.3 is 5.97 Å². The Hall–Kier alpha value is -2.69. The Morgan fingerprint density at radius 3 is 2.18 bits per heavy atom. The second-order valence-electron chi connectivity index (χ2n) is 9.31. The molecule has 0 N–H and O–H groups in total. The van der Waals surface area contributed by atoms with Crippen LogP contribution in [0.25, 0.3) is 22.7 Å². The molecular weight excluding hydrogens is 424 g/mol. The second-order valence-corrected chi connectivity index (χ2v) is 9.31. The summed E-state index contributed by atoms with van der Waals surface area (Å²) in [7, 11) is 0. The smallest absolute Gasteiger partial charge is 0.311 e. The molecule has 0 aliphatic rings. The highest BCUT2D eigenvalue weighted by molar-refractivity contribution is 5.78. The van der Waals surface area contributed by atoms with Crippen molar-refractivity contribution in [1.29, 1.82) is 0 Å². The number of pyridine rings is 1. The fourth-order valence-electron chi connectivity index (χ4n) is 4.24. The fraction of sp³-hybridized carbons (Fsp3) is 0.552. The fourth-order valence-corrected chi connectivity index (χ4v) is 4.24. The molecule has 0 amide bonds. The molecule has 1 aromatic carbocycles. The number of rotatable bonds is 16. The Labute approximate surface area is 204 Å². The summed E-state index contributed by atoms with van der Waals surface area (Å²) in [5, 5.41) is 0. The number of nitrogens with zero attached hydrogens (tertiary/aromatic N) is 2. The van der Waals surface area contributed by atoms with Crippen molar-refractivity contribution in [2.75, 3.05) is 0 Å². The molecule has 2 aromatic heterocycles. The third kappa shape index (κ3) is 8.58. The second kappa shape index (κ2) is 14.5. The largest absolute Gasteiger partial charge is 0.426 e. The maximum absolute atomic E-state index is 12.5. The molecule has 0 radical (unpaired) electrons. The zero-order valence-electron chi connectivity index (χ0n) is 21.0. The molecule has 0 unspecified atom stereocenters. The molecule has 5 nitrogen and oxygen atoms in total. The van der Waals surface area contributed by atoms with Crippen LogP contribution in [-0.2, 0) is 4.79 Å². The minimum atomic E-state index is -0.204. The molecule has 0 saturated carbocycles. The number of carbonyl (C=O) groups excluding carboxylic acids is 1. The Bertz CT molecular complexity index is 979. The highest BCUT2D eigenvalue weighted by Crippen LogP contribution is 2.32. The summed E-state index contributed by atoms with van der Waals surface area (Å²) in [6.07, 6.45) is 18.8. The number of oxazole rings is 1. The standard InChI is InChI=1S/C29H40N2O3/c1-3-4-5-6-7-8-9-10-11-12-13-14-15-18-27(32)33-26-22-23(2)19-20-24(26)28-31-25-17-16-21-30-29(25)34-28/h16-17,19-22H,3-15,18H2,1-2H3. The van der Waals surface area contributed by atoms with Gasteiger partial charge in [-0.2, -0.15) is 0 Å². The molecule has 0 spiro atoms. The predicted octanol–water partition coefficient (Wildman–Crippen LogP) is 8.58. The van der Waals surface area contributed by atoms with Crippen molar-refractivity contribution in [2.45, 2.75) is 104 Å².